The average Bonchev–Trinajstić information content (AvgIpc) is 3.34. The fourth-order valence-electron chi connectivity index (χ4n) is 3.90. The van der Waals surface area contributed by atoms with Gasteiger partial charge in [0, 0.05) is 42.9 Å². The van der Waals surface area contributed by atoms with Crippen molar-refractivity contribution in [3.63, 3.8) is 0 Å². The number of amides is 1. The van der Waals surface area contributed by atoms with Crippen molar-refractivity contribution < 1.29 is 4.79 Å². The number of rotatable bonds is 5. The lowest BCUT2D eigenvalue weighted by Gasteiger charge is -2.18. The molecule has 0 saturated carbocycles. The van der Waals surface area contributed by atoms with Crippen LogP contribution in [0.25, 0.3) is 10.9 Å². The number of halogens is 1. The molecule has 158 valence electrons. The zero-order valence-electron chi connectivity index (χ0n) is 17.4. The van der Waals surface area contributed by atoms with Gasteiger partial charge in [-0.1, -0.05) is 30.3 Å². The average molecular weight is 517 g/mol. The number of para-hydroxylation sites is 1. The molecule has 6 nitrogen and oxygen atoms in total. The molecule has 0 radical (unpaired) electrons. The van der Waals surface area contributed by atoms with Gasteiger partial charge in [0.25, 0.3) is 0 Å². The predicted molar refractivity (Wildman–Crippen MR) is 134 cm³/mol. The molecule has 0 aliphatic carbocycles. The Hall–Kier alpha value is -2.55. The number of nitrogens with one attached hydrogen (secondary N) is 3. The van der Waals surface area contributed by atoms with Crippen LogP contribution in [0.15, 0.2) is 53.7 Å². The number of aromatic nitrogens is 1. The molecular formula is C23H28IN5O. The summed E-state index contributed by atoms with van der Waals surface area (Å²) in [7, 11) is 1.72. The van der Waals surface area contributed by atoms with Crippen molar-refractivity contribution in [2.75, 3.05) is 31.6 Å². The maximum absolute atomic E-state index is 12.6. The van der Waals surface area contributed by atoms with Crippen LogP contribution in [0.5, 0.6) is 0 Å². The van der Waals surface area contributed by atoms with E-state index in [4.69, 9.17) is 0 Å². The van der Waals surface area contributed by atoms with Crippen molar-refractivity contribution in [2.45, 2.75) is 19.8 Å². The third-order valence-corrected chi connectivity index (χ3v) is 5.43. The van der Waals surface area contributed by atoms with Crippen molar-refractivity contribution in [1.29, 1.82) is 0 Å². The number of anilines is 1. The highest BCUT2D eigenvalue weighted by Gasteiger charge is 2.23. The zero-order valence-corrected chi connectivity index (χ0v) is 19.7. The Labute approximate surface area is 194 Å². The van der Waals surface area contributed by atoms with E-state index in [0.717, 1.165) is 31.6 Å². The molecule has 0 bridgehead atoms. The van der Waals surface area contributed by atoms with Crippen LogP contribution in [-0.2, 0) is 17.6 Å². The Balaban J connectivity index is 0.00000256. The minimum Gasteiger partial charge on any atom is -0.361 e. The third kappa shape index (κ3) is 4.77. The van der Waals surface area contributed by atoms with Crippen LogP contribution < -0.4 is 15.5 Å². The van der Waals surface area contributed by atoms with E-state index in [-0.39, 0.29) is 36.4 Å². The van der Waals surface area contributed by atoms with Gasteiger partial charge < -0.3 is 20.5 Å². The van der Waals surface area contributed by atoms with Gasteiger partial charge in [-0.3, -0.25) is 9.79 Å². The largest absolute Gasteiger partial charge is 0.361 e. The second kappa shape index (κ2) is 9.97. The standard InChI is InChI=1S/C23H27N5O.HI/c1-16-7-8-19-18(14-26-20(19)13-16)9-11-25-23(24-2)27-15-22(29)28-12-10-17-5-3-4-6-21(17)28;/h3-8,13-14,26H,9-12,15H2,1-2H3,(H2,24,25,27);1H. The summed E-state index contributed by atoms with van der Waals surface area (Å²) in [5.41, 5.74) is 5.94. The molecule has 4 rings (SSSR count). The van der Waals surface area contributed by atoms with E-state index in [1.54, 1.807) is 7.05 Å². The topological polar surface area (TPSA) is 72.5 Å². The molecule has 1 amide bonds. The Morgan fingerprint density at radius 3 is 2.87 bits per heavy atom. The first-order valence-corrected chi connectivity index (χ1v) is 10.0. The molecular weight excluding hydrogens is 489 g/mol. The second-order valence-electron chi connectivity index (χ2n) is 7.39. The molecule has 0 saturated heterocycles. The van der Waals surface area contributed by atoms with Crippen LogP contribution >= 0.6 is 24.0 Å². The van der Waals surface area contributed by atoms with E-state index in [1.165, 1.54) is 27.6 Å². The zero-order chi connectivity index (χ0) is 20.2. The molecule has 7 heteroatoms. The number of hydrogen-bond acceptors (Lipinski definition) is 2. The molecule has 1 aliphatic rings. The fraction of sp³-hybridized carbons (Fsp3) is 0.304. The third-order valence-electron chi connectivity index (χ3n) is 5.43. The van der Waals surface area contributed by atoms with Crippen molar-refractivity contribution in [3.8, 4) is 0 Å². The summed E-state index contributed by atoms with van der Waals surface area (Å²) in [4.78, 5) is 22.1. The number of aliphatic imine (C=N–C) groups is 1. The maximum atomic E-state index is 12.6. The number of aromatic amines is 1. The number of carbonyl (C=O) groups is 1. The lowest BCUT2D eigenvalue weighted by atomic mass is 10.1. The van der Waals surface area contributed by atoms with E-state index in [2.05, 4.69) is 58.0 Å². The minimum absolute atomic E-state index is 0. The number of fused-ring (bicyclic) bond motifs is 2. The molecule has 0 atom stereocenters. The van der Waals surface area contributed by atoms with Crippen molar-refractivity contribution in [1.82, 2.24) is 15.6 Å². The highest BCUT2D eigenvalue weighted by molar-refractivity contribution is 14.0. The first-order valence-electron chi connectivity index (χ1n) is 10.0. The van der Waals surface area contributed by atoms with E-state index >= 15 is 0 Å². The quantitative estimate of drug-likeness (QED) is 0.276. The van der Waals surface area contributed by atoms with Crippen molar-refractivity contribution >= 4 is 52.4 Å². The summed E-state index contributed by atoms with van der Waals surface area (Å²) in [6.07, 6.45) is 3.85. The highest BCUT2D eigenvalue weighted by atomic mass is 127. The molecule has 3 N–H and O–H groups in total. The normalized spacial score (nSPS) is 13.1. The molecule has 2 heterocycles. The lowest BCUT2D eigenvalue weighted by molar-refractivity contribution is -0.117. The minimum atomic E-state index is 0. The van der Waals surface area contributed by atoms with E-state index in [1.807, 2.05) is 23.1 Å². The van der Waals surface area contributed by atoms with E-state index in [9.17, 15) is 4.79 Å². The van der Waals surface area contributed by atoms with Crippen LogP contribution in [0.3, 0.4) is 0 Å². The van der Waals surface area contributed by atoms with Crippen LogP contribution in [0.2, 0.25) is 0 Å². The van der Waals surface area contributed by atoms with Gasteiger partial charge in [-0.25, -0.2) is 0 Å². The Morgan fingerprint density at radius 1 is 1.20 bits per heavy atom. The summed E-state index contributed by atoms with van der Waals surface area (Å²) < 4.78 is 0. The van der Waals surface area contributed by atoms with Gasteiger partial charge in [-0.2, -0.15) is 0 Å². The number of aryl methyl sites for hydroxylation is 1. The molecule has 2 aromatic carbocycles. The van der Waals surface area contributed by atoms with E-state index in [0.29, 0.717) is 5.96 Å². The second-order valence-corrected chi connectivity index (χ2v) is 7.39. The Kier molecular flexibility index (Phi) is 7.36. The number of nitrogens with zero attached hydrogens (tertiary/aromatic N) is 2. The van der Waals surface area contributed by atoms with Gasteiger partial charge in [0.15, 0.2) is 5.96 Å². The smallest absolute Gasteiger partial charge is 0.246 e. The van der Waals surface area contributed by atoms with Gasteiger partial charge in [-0.05, 0) is 48.6 Å². The molecule has 0 unspecified atom stereocenters. The number of benzene rings is 2. The molecule has 3 aromatic rings. The summed E-state index contributed by atoms with van der Waals surface area (Å²) in [6, 6.07) is 14.6. The maximum Gasteiger partial charge on any atom is 0.246 e. The van der Waals surface area contributed by atoms with Gasteiger partial charge in [0.05, 0.1) is 6.54 Å². The number of H-pyrrole nitrogens is 1. The molecule has 0 fully saturated rings. The van der Waals surface area contributed by atoms with Crippen LogP contribution in [0, 0.1) is 6.92 Å². The lowest BCUT2D eigenvalue weighted by Crippen LogP contribution is -2.44. The molecule has 1 aromatic heterocycles. The van der Waals surface area contributed by atoms with E-state index < -0.39 is 0 Å². The predicted octanol–water partition coefficient (Wildman–Crippen LogP) is 3.39. The number of hydrogen-bond donors (Lipinski definition) is 3. The number of guanidine groups is 1. The Morgan fingerprint density at radius 2 is 2.03 bits per heavy atom. The van der Waals surface area contributed by atoms with Gasteiger partial charge in [-0.15, -0.1) is 24.0 Å². The highest BCUT2D eigenvalue weighted by Crippen LogP contribution is 2.27. The Bertz CT molecular complexity index is 1060. The van der Waals surface area contributed by atoms with Gasteiger partial charge in [0.2, 0.25) is 5.91 Å². The summed E-state index contributed by atoms with van der Waals surface area (Å²) in [6.45, 7) is 3.80. The first kappa shape index (κ1) is 22.1. The SMILES string of the molecule is CN=C(NCCc1c[nH]c2cc(C)ccc12)NCC(=O)N1CCc2ccccc21.I. The fourth-order valence-corrected chi connectivity index (χ4v) is 3.90. The van der Waals surface area contributed by atoms with Crippen LogP contribution in [0.4, 0.5) is 5.69 Å². The molecule has 30 heavy (non-hydrogen) atoms. The van der Waals surface area contributed by atoms with Gasteiger partial charge >= 0.3 is 0 Å². The van der Waals surface area contributed by atoms with Crippen molar-refractivity contribution in [2.24, 2.45) is 4.99 Å². The summed E-state index contributed by atoms with van der Waals surface area (Å²) in [5.74, 6) is 0.700. The molecule has 0 spiro atoms. The summed E-state index contributed by atoms with van der Waals surface area (Å²) in [5, 5.41) is 7.70. The number of carbonyl (C=O) groups excluding carboxylic acids is 1. The first-order chi connectivity index (χ1) is 14.2. The van der Waals surface area contributed by atoms with Gasteiger partial charge in [0.1, 0.15) is 0 Å². The van der Waals surface area contributed by atoms with Crippen LogP contribution in [0.1, 0.15) is 16.7 Å². The van der Waals surface area contributed by atoms with Crippen LogP contribution in [-0.4, -0.2) is 43.5 Å². The van der Waals surface area contributed by atoms with Crippen molar-refractivity contribution in [3.05, 3.63) is 65.4 Å². The summed E-state index contributed by atoms with van der Waals surface area (Å²) >= 11 is 0. The monoisotopic (exact) mass is 517 g/mol. The molecule has 1 aliphatic heterocycles.